The van der Waals surface area contributed by atoms with Crippen LogP contribution in [-0.4, -0.2) is 32.1 Å². The number of hydrogen-bond acceptors (Lipinski definition) is 2. The van der Waals surface area contributed by atoms with Gasteiger partial charge in [0.1, 0.15) is 5.75 Å². The molecule has 0 saturated carbocycles. The van der Waals surface area contributed by atoms with Gasteiger partial charge in [0.15, 0.2) is 0 Å². The zero-order valence-electron chi connectivity index (χ0n) is 9.59. The molecule has 0 N–H and O–H groups in total. The Morgan fingerprint density at radius 1 is 1.33 bits per heavy atom. The Hall–Kier alpha value is -0.540. The van der Waals surface area contributed by atoms with E-state index >= 15 is 0 Å². The molecule has 0 aromatic heterocycles. The lowest BCUT2D eigenvalue weighted by Gasteiger charge is -2.11. The van der Waals surface area contributed by atoms with Crippen LogP contribution in [0.2, 0.25) is 0 Å². The summed E-state index contributed by atoms with van der Waals surface area (Å²) >= 11 is 3.43. The summed E-state index contributed by atoms with van der Waals surface area (Å²) in [6.45, 7) is 3.91. The van der Waals surface area contributed by atoms with Crippen LogP contribution in [0.1, 0.15) is 12.0 Å². The minimum Gasteiger partial charge on any atom is -0.493 e. The average Bonchev–Trinajstić information content (AvgIpc) is 2.14. The van der Waals surface area contributed by atoms with Crippen LogP contribution in [0.15, 0.2) is 22.7 Å². The second kappa shape index (κ2) is 6.13. The lowest BCUT2D eigenvalue weighted by Crippen LogP contribution is -2.15. The van der Waals surface area contributed by atoms with E-state index in [9.17, 15) is 0 Å². The summed E-state index contributed by atoms with van der Waals surface area (Å²) in [7, 11) is 4.15. The second-order valence-corrected chi connectivity index (χ2v) is 4.83. The van der Waals surface area contributed by atoms with Gasteiger partial charge in [-0.05, 0) is 51.2 Å². The number of rotatable bonds is 5. The van der Waals surface area contributed by atoms with Crippen LogP contribution in [0.25, 0.3) is 0 Å². The van der Waals surface area contributed by atoms with Crippen LogP contribution < -0.4 is 4.74 Å². The van der Waals surface area contributed by atoms with Crippen molar-refractivity contribution in [3.05, 3.63) is 28.2 Å². The fourth-order valence-electron chi connectivity index (χ4n) is 1.34. The molecule has 0 radical (unpaired) electrons. The fourth-order valence-corrected chi connectivity index (χ4v) is 1.81. The average molecular weight is 272 g/mol. The quantitative estimate of drug-likeness (QED) is 0.764. The SMILES string of the molecule is Cc1cc(Br)ccc1OCCCN(C)C. The van der Waals surface area contributed by atoms with Crippen molar-refractivity contribution in [2.45, 2.75) is 13.3 Å². The monoisotopic (exact) mass is 271 g/mol. The zero-order valence-corrected chi connectivity index (χ0v) is 11.2. The minimum absolute atomic E-state index is 0.778. The van der Waals surface area contributed by atoms with Crippen molar-refractivity contribution in [2.75, 3.05) is 27.2 Å². The molecule has 0 aliphatic heterocycles. The Bertz CT molecular complexity index is 312. The maximum absolute atomic E-state index is 5.69. The van der Waals surface area contributed by atoms with Gasteiger partial charge in [-0.2, -0.15) is 0 Å². The fraction of sp³-hybridized carbons (Fsp3) is 0.500. The van der Waals surface area contributed by atoms with Crippen LogP contribution >= 0.6 is 15.9 Å². The van der Waals surface area contributed by atoms with E-state index in [0.29, 0.717) is 0 Å². The summed E-state index contributed by atoms with van der Waals surface area (Å²) in [6.07, 6.45) is 1.06. The molecule has 0 aliphatic carbocycles. The molecule has 0 bridgehead atoms. The molecule has 0 amide bonds. The molecule has 0 heterocycles. The Labute approximate surface area is 100 Å². The van der Waals surface area contributed by atoms with Gasteiger partial charge in [-0.3, -0.25) is 0 Å². The molecule has 0 saturated heterocycles. The van der Waals surface area contributed by atoms with Gasteiger partial charge < -0.3 is 9.64 Å². The molecule has 2 nitrogen and oxygen atoms in total. The minimum atomic E-state index is 0.778. The Morgan fingerprint density at radius 3 is 2.67 bits per heavy atom. The maximum Gasteiger partial charge on any atom is 0.122 e. The second-order valence-electron chi connectivity index (χ2n) is 3.92. The highest BCUT2D eigenvalue weighted by Crippen LogP contribution is 2.22. The van der Waals surface area contributed by atoms with Crippen molar-refractivity contribution in [2.24, 2.45) is 0 Å². The van der Waals surface area contributed by atoms with Gasteiger partial charge in [0.2, 0.25) is 0 Å². The highest BCUT2D eigenvalue weighted by atomic mass is 79.9. The van der Waals surface area contributed by atoms with Gasteiger partial charge in [-0.25, -0.2) is 0 Å². The first-order valence-electron chi connectivity index (χ1n) is 5.13. The van der Waals surface area contributed by atoms with Crippen LogP contribution in [0.3, 0.4) is 0 Å². The van der Waals surface area contributed by atoms with Crippen molar-refractivity contribution < 1.29 is 4.74 Å². The van der Waals surface area contributed by atoms with Crippen LogP contribution in [0.5, 0.6) is 5.75 Å². The summed E-state index contributed by atoms with van der Waals surface area (Å²) < 4.78 is 6.79. The summed E-state index contributed by atoms with van der Waals surface area (Å²) in [5, 5.41) is 0. The van der Waals surface area contributed by atoms with Crippen LogP contribution in [0.4, 0.5) is 0 Å². The predicted molar refractivity (Wildman–Crippen MR) is 67.5 cm³/mol. The Morgan fingerprint density at radius 2 is 2.07 bits per heavy atom. The molecule has 0 aliphatic rings. The topological polar surface area (TPSA) is 12.5 Å². The van der Waals surface area contributed by atoms with Crippen molar-refractivity contribution in [3.8, 4) is 5.75 Å². The third-order valence-corrected chi connectivity index (χ3v) is 2.64. The standard InChI is InChI=1S/C12H18BrNO/c1-10-9-11(13)5-6-12(10)15-8-4-7-14(2)3/h5-6,9H,4,7-8H2,1-3H3. The molecule has 0 fully saturated rings. The number of nitrogens with zero attached hydrogens (tertiary/aromatic N) is 1. The number of hydrogen-bond donors (Lipinski definition) is 0. The summed E-state index contributed by atoms with van der Waals surface area (Å²) in [4.78, 5) is 2.16. The third-order valence-electron chi connectivity index (χ3n) is 2.14. The molecule has 0 unspecified atom stereocenters. The molecular weight excluding hydrogens is 254 g/mol. The molecule has 1 rings (SSSR count). The van der Waals surface area contributed by atoms with Gasteiger partial charge in [0, 0.05) is 11.0 Å². The van der Waals surface area contributed by atoms with E-state index < -0.39 is 0 Å². The number of aryl methyl sites for hydroxylation is 1. The molecule has 84 valence electrons. The Balaban J connectivity index is 2.37. The van der Waals surface area contributed by atoms with E-state index in [1.165, 1.54) is 5.56 Å². The highest BCUT2D eigenvalue weighted by Gasteiger charge is 1.99. The maximum atomic E-state index is 5.69. The van der Waals surface area contributed by atoms with E-state index in [2.05, 4.69) is 47.9 Å². The van der Waals surface area contributed by atoms with Gasteiger partial charge in [0.05, 0.1) is 6.61 Å². The predicted octanol–water partition coefficient (Wildman–Crippen LogP) is 3.09. The van der Waals surface area contributed by atoms with E-state index in [1.807, 2.05) is 12.1 Å². The molecule has 1 aromatic carbocycles. The molecule has 0 spiro atoms. The van der Waals surface area contributed by atoms with E-state index in [-0.39, 0.29) is 0 Å². The lowest BCUT2D eigenvalue weighted by molar-refractivity contribution is 0.280. The molecule has 15 heavy (non-hydrogen) atoms. The van der Waals surface area contributed by atoms with Gasteiger partial charge in [0.25, 0.3) is 0 Å². The first-order valence-corrected chi connectivity index (χ1v) is 5.92. The van der Waals surface area contributed by atoms with Crippen LogP contribution in [-0.2, 0) is 0 Å². The summed E-state index contributed by atoms with van der Waals surface area (Å²) in [5.74, 6) is 0.983. The van der Waals surface area contributed by atoms with Gasteiger partial charge >= 0.3 is 0 Å². The molecule has 0 atom stereocenters. The van der Waals surface area contributed by atoms with Gasteiger partial charge in [-0.1, -0.05) is 15.9 Å². The van der Waals surface area contributed by atoms with Crippen LogP contribution in [0, 0.1) is 6.92 Å². The summed E-state index contributed by atoms with van der Waals surface area (Å²) in [6, 6.07) is 6.09. The highest BCUT2D eigenvalue weighted by molar-refractivity contribution is 9.10. The lowest BCUT2D eigenvalue weighted by atomic mass is 10.2. The molecule has 3 heteroatoms. The number of ether oxygens (including phenoxy) is 1. The van der Waals surface area contributed by atoms with Crippen molar-refractivity contribution in [1.29, 1.82) is 0 Å². The normalized spacial score (nSPS) is 10.7. The van der Waals surface area contributed by atoms with Crippen molar-refractivity contribution in [3.63, 3.8) is 0 Å². The van der Waals surface area contributed by atoms with Crippen molar-refractivity contribution >= 4 is 15.9 Å². The Kier molecular flexibility index (Phi) is 5.12. The summed E-state index contributed by atoms with van der Waals surface area (Å²) in [5.41, 5.74) is 1.18. The largest absolute Gasteiger partial charge is 0.493 e. The molecular formula is C12H18BrNO. The van der Waals surface area contributed by atoms with Gasteiger partial charge in [-0.15, -0.1) is 0 Å². The first kappa shape index (κ1) is 12.5. The van der Waals surface area contributed by atoms with E-state index in [1.54, 1.807) is 0 Å². The van der Waals surface area contributed by atoms with E-state index in [4.69, 9.17) is 4.74 Å². The van der Waals surface area contributed by atoms with Crippen molar-refractivity contribution in [1.82, 2.24) is 4.90 Å². The molecule has 1 aromatic rings. The smallest absolute Gasteiger partial charge is 0.122 e. The first-order chi connectivity index (χ1) is 7.09. The van der Waals surface area contributed by atoms with E-state index in [0.717, 1.165) is 29.8 Å². The third kappa shape index (κ3) is 4.67. The number of benzene rings is 1. The zero-order chi connectivity index (χ0) is 11.3. The number of halogens is 1.